The SMILES string of the molecule is CCCC(C#N)NC(=O)NC1CCOC1. The molecule has 0 aromatic heterocycles. The highest BCUT2D eigenvalue weighted by molar-refractivity contribution is 5.74. The highest BCUT2D eigenvalue weighted by Crippen LogP contribution is 2.03. The maximum absolute atomic E-state index is 11.4. The molecule has 84 valence electrons. The molecule has 5 heteroatoms. The molecule has 1 rings (SSSR count). The molecule has 0 aromatic rings. The van der Waals surface area contributed by atoms with Gasteiger partial charge in [0.1, 0.15) is 6.04 Å². The number of hydrogen-bond donors (Lipinski definition) is 2. The predicted octanol–water partition coefficient (Wildman–Crippen LogP) is 0.767. The van der Waals surface area contributed by atoms with Crippen molar-refractivity contribution < 1.29 is 9.53 Å². The number of carbonyl (C=O) groups is 1. The van der Waals surface area contributed by atoms with Crippen molar-refractivity contribution in [2.75, 3.05) is 13.2 Å². The van der Waals surface area contributed by atoms with E-state index in [1.165, 1.54) is 0 Å². The summed E-state index contributed by atoms with van der Waals surface area (Å²) in [6.07, 6.45) is 2.41. The zero-order valence-electron chi connectivity index (χ0n) is 8.95. The van der Waals surface area contributed by atoms with Crippen molar-refractivity contribution in [1.29, 1.82) is 5.26 Å². The van der Waals surface area contributed by atoms with Gasteiger partial charge in [0.15, 0.2) is 0 Å². The summed E-state index contributed by atoms with van der Waals surface area (Å²) in [6.45, 7) is 3.24. The minimum Gasteiger partial charge on any atom is -0.379 e. The minimum absolute atomic E-state index is 0.0889. The van der Waals surface area contributed by atoms with Crippen LogP contribution in [0.5, 0.6) is 0 Å². The molecule has 2 amide bonds. The second kappa shape index (κ2) is 6.25. The zero-order chi connectivity index (χ0) is 11.1. The van der Waals surface area contributed by atoms with Gasteiger partial charge in [0.05, 0.1) is 18.7 Å². The van der Waals surface area contributed by atoms with Gasteiger partial charge in [0.2, 0.25) is 0 Å². The maximum atomic E-state index is 11.4. The van der Waals surface area contributed by atoms with Gasteiger partial charge in [-0.1, -0.05) is 13.3 Å². The molecule has 2 atom stereocenters. The largest absolute Gasteiger partial charge is 0.379 e. The summed E-state index contributed by atoms with van der Waals surface area (Å²) in [5.41, 5.74) is 0. The third kappa shape index (κ3) is 4.17. The lowest BCUT2D eigenvalue weighted by atomic mass is 10.2. The number of hydrogen-bond acceptors (Lipinski definition) is 3. The Labute approximate surface area is 89.8 Å². The second-order valence-corrected chi connectivity index (χ2v) is 3.65. The third-order valence-corrected chi connectivity index (χ3v) is 2.30. The van der Waals surface area contributed by atoms with Crippen LogP contribution in [0.2, 0.25) is 0 Å². The number of nitriles is 1. The van der Waals surface area contributed by atoms with Gasteiger partial charge in [-0.25, -0.2) is 4.79 Å². The lowest BCUT2D eigenvalue weighted by Crippen LogP contribution is -2.46. The van der Waals surface area contributed by atoms with Gasteiger partial charge < -0.3 is 15.4 Å². The minimum atomic E-state index is -0.391. The Morgan fingerprint density at radius 1 is 1.73 bits per heavy atom. The van der Waals surface area contributed by atoms with Crippen LogP contribution in [-0.2, 0) is 4.74 Å². The van der Waals surface area contributed by atoms with E-state index in [9.17, 15) is 4.79 Å². The van der Waals surface area contributed by atoms with E-state index in [2.05, 4.69) is 16.7 Å². The molecule has 0 bridgehead atoms. The van der Waals surface area contributed by atoms with E-state index in [4.69, 9.17) is 10.00 Å². The lowest BCUT2D eigenvalue weighted by molar-refractivity contribution is 0.188. The van der Waals surface area contributed by atoms with E-state index in [0.29, 0.717) is 19.6 Å². The molecule has 1 saturated heterocycles. The van der Waals surface area contributed by atoms with Crippen LogP contribution in [0.3, 0.4) is 0 Å². The number of carbonyl (C=O) groups excluding carboxylic acids is 1. The van der Waals surface area contributed by atoms with Crippen molar-refractivity contribution in [3.63, 3.8) is 0 Å². The zero-order valence-corrected chi connectivity index (χ0v) is 8.95. The first-order chi connectivity index (χ1) is 7.26. The Hall–Kier alpha value is -1.28. The number of rotatable bonds is 4. The van der Waals surface area contributed by atoms with Gasteiger partial charge >= 0.3 is 6.03 Å². The van der Waals surface area contributed by atoms with Gasteiger partial charge in [0, 0.05) is 6.61 Å². The Bertz CT molecular complexity index is 244. The monoisotopic (exact) mass is 211 g/mol. The summed E-state index contributed by atoms with van der Waals surface area (Å²) >= 11 is 0. The topological polar surface area (TPSA) is 74.2 Å². The normalized spacial score (nSPS) is 21.7. The van der Waals surface area contributed by atoms with Gasteiger partial charge in [-0.2, -0.15) is 5.26 Å². The smallest absolute Gasteiger partial charge is 0.316 e. The molecule has 1 aliphatic heterocycles. The Morgan fingerprint density at radius 3 is 3.07 bits per heavy atom. The summed E-state index contributed by atoms with van der Waals surface area (Å²) in [7, 11) is 0. The number of amides is 2. The van der Waals surface area contributed by atoms with Crippen molar-refractivity contribution in [2.24, 2.45) is 0 Å². The van der Waals surface area contributed by atoms with E-state index < -0.39 is 6.04 Å². The molecule has 1 aliphatic rings. The van der Waals surface area contributed by atoms with Gasteiger partial charge in [-0.3, -0.25) is 0 Å². The Morgan fingerprint density at radius 2 is 2.53 bits per heavy atom. The van der Waals surface area contributed by atoms with Crippen LogP contribution >= 0.6 is 0 Å². The van der Waals surface area contributed by atoms with Gasteiger partial charge in [-0.15, -0.1) is 0 Å². The second-order valence-electron chi connectivity index (χ2n) is 3.65. The highest BCUT2D eigenvalue weighted by Gasteiger charge is 2.18. The number of ether oxygens (including phenoxy) is 1. The molecule has 0 aromatic carbocycles. The predicted molar refractivity (Wildman–Crippen MR) is 55.2 cm³/mol. The van der Waals surface area contributed by atoms with Crippen LogP contribution in [0, 0.1) is 11.3 Å². The van der Waals surface area contributed by atoms with E-state index in [-0.39, 0.29) is 12.1 Å². The fourth-order valence-electron chi connectivity index (χ4n) is 1.49. The van der Waals surface area contributed by atoms with E-state index in [1.54, 1.807) is 0 Å². The summed E-state index contributed by atoms with van der Waals surface area (Å²) in [4.78, 5) is 11.4. The molecule has 0 aliphatic carbocycles. The summed E-state index contributed by atoms with van der Waals surface area (Å²) in [5.74, 6) is 0. The molecular formula is C10H17N3O2. The first kappa shape index (κ1) is 11.8. The molecular weight excluding hydrogens is 194 g/mol. The van der Waals surface area contributed by atoms with Crippen LogP contribution in [0.25, 0.3) is 0 Å². The molecule has 1 fully saturated rings. The lowest BCUT2D eigenvalue weighted by Gasteiger charge is -2.14. The van der Waals surface area contributed by atoms with Crippen LogP contribution in [0.4, 0.5) is 4.79 Å². The van der Waals surface area contributed by atoms with Crippen LogP contribution < -0.4 is 10.6 Å². The third-order valence-electron chi connectivity index (χ3n) is 2.30. The number of nitrogens with zero attached hydrogens (tertiary/aromatic N) is 1. The molecule has 0 spiro atoms. The van der Waals surface area contributed by atoms with E-state index in [1.807, 2.05) is 6.92 Å². The molecule has 0 radical (unpaired) electrons. The van der Waals surface area contributed by atoms with Crippen molar-refractivity contribution in [3.05, 3.63) is 0 Å². The van der Waals surface area contributed by atoms with Crippen LogP contribution in [-0.4, -0.2) is 31.3 Å². The summed E-state index contributed by atoms with van der Waals surface area (Å²) in [5, 5.41) is 14.2. The quantitative estimate of drug-likeness (QED) is 0.721. The van der Waals surface area contributed by atoms with Gasteiger partial charge in [0.25, 0.3) is 0 Å². The molecule has 0 saturated carbocycles. The van der Waals surface area contributed by atoms with E-state index >= 15 is 0 Å². The Kier molecular flexibility index (Phi) is 4.91. The average molecular weight is 211 g/mol. The highest BCUT2D eigenvalue weighted by atomic mass is 16.5. The maximum Gasteiger partial charge on any atom is 0.316 e. The summed E-state index contributed by atoms with van der Waals surface area (Å²) < 4.78 is 5.13. The molecule has 1 heterocycles. The number of urea groups is 1. The molecule has 5 nitrogen and oxygen atoms in total. The molecule has 15 heavy (non-hydrogen) atoms. The molecule has 2 N–H and O–H groups in total. The van der Waals surface area contributed by atoms with E-state index in [0.717, 1.165) is 12.8 Å². The molecule has 2 unspecified atom stereocenters. The van der Waals surface area contributed by atoms with Crippen molar-refractivity contribution in [2.45, 2.75) is 38.3 Å². The van der Waals surface area contributed by atoms with Crippen LogP contribution in [0.15, 0.2) is 0 Å². The van der Waals surface area contributed by atoms with Crippen molar-refractivity contribution in [1.82, 2.24) is 10.6 Å². The average Bonchev–Trinajstić information content (AvgIpc) is 2.69. The van der Waals surface area contributed by atoms with Gasteiger partial charge in [-0.05, 0) is 12.8 Å². The fourth-order valence-corrected chi connectivity index (χ4v) is 1.49. The van der Waals surface area contributed by atoms with Crippen molar-refractivity contribution >= 4 is 6.03 Å². The van der Waals surface area contributed by atoms with Crippen molar-refractivity contribution in [3.8, 4) is 6.07 Å². The standard InChI is InChI=1S/C10H17N3O2/c1-2-3-8(6-11)12-10(14)13-9-4-5-15-7-9/h8-9H,2-5,7H2,1H3,(H2,12,13,14). The number of nitrogens with one attached hydrogen (secondary N) is 2. The first-order valence-electron chi connectivity index (χ1n) is 5.30. The summed E-state index contributed by atoms with van der Waals surface area (Å²) in [6, 6.07) is 1.48. The van der Waals surface area contributed by atoms with Crippen LogP contribution in [0.1, 0.15) is 26.2 Å². The first-order valence-corrected chi connectivity index (χ1v) is 5.30. The fraction of sp³-hybridized carbons (Fsp3) is 0.800. The Balaban J connectivity index is 2.24.